The van der Waals surface area contributed by atoms with E-state index in [1.807, 2.05) is 0 Å². The van der Waals surface area contributed by atoms with Gasteiger partial charge >= 0.3 is 0 Å². The molecule has 74 valence electrons. The molecule has 1 fully saturated rings. The molecule has 1 N–H and O–H groups in total. The highest BCUT2D eigenvalue weighted by atomic mass is 15.0. The maximum absolute atomic E-state index is 9.16. The van der Waals surface area contributed by atoms with Crippen molar-refractivity contribution in [1.82, 2.24) is 5.32 Å². The van der Waals surface area contributed by atoms with Crippen LogP contribution in [0.3, 0.4) is 0 Å². The highest BCUT2D eigenvalue weighted by molar-refractivity contribution is 5.09. The highest BCUT2D eigenvalue weighted by Crippen LogP contribution is 2.31. The van der Waals surface area contributed by atoms with Crippen molar-refractivity contribution >= 4 is 0 Å². The Bertz CT molecular complexity index is 195. The molecule has 1 aliphatic rings. The first-order valence-corrected chi connectivity index (χ1v) is 5.27. The number of nitrogens with one attached hydrogen (secondary N) is 1. The molecule has 0 aromatic heterocycles. The Morgan fingerprint density at radius 1 is 1.38 bits per heavy atom. The van der Waals surface area contributed by atoms with E-state index in [2.05, 4.69) is 32.2 Å². The lowest BCUT2D eigenvalue weighted by Crippen LogP contribution is -2.49. The van der Waals surface area contributed by atoms with Crippen molar-refractivity contribution in [3.8, 4) is 6.07 Å². The first kappa shape index (κ1) is 10.5. The first-order chi connectivity index (χ1) is 6.08. The molecule has 0 aromatic carbocycles. The number of hydrogen-bond acceptors (Lipinski definition) is 2. The van der Waals surface area contributed by atoms with Crippen molar-refractivity contribution in [3.63, 3.8) is 0 Å². The summed E-state index contributed by atoms with van der Waals surface area (Å²) in [5, 5.41) is 12.6. The Hall–Kier alpha value is -0.550. The first-order valence-electron chi connectivity index (χ1n) is 5.27. The van der Waals surface area contributed by atoms with Crippen LogP contribution in [0.2, 0.25) is 0 Å². The van der Waals surface area contributed by atoms with E-state index in [0.29, 0.717) is 6.04 Å². The molecule has 0 atom stereocenters. The lowest BCUT2D eigenvalue weighted by Gasteiger charge is -2.36. The van der Waals surface area contributed by atoms with Crippen LogP contribution in [0.4, 0.5) is 0 Å². The SMILES string of the molecule is CC1CCC(C#N)(NC(C)C)CC1. The van der Waals surface area contributed by atoms with Gasteiger partial charge in [0.25, 0.3) is 0 Å². The maximum atomic E-state index is 9.16. The minimum atomic E-state index is -0.222. The summed E-state index contributed by atoms with van der Waals surface area (Å²) in [5.74, 6) is 0.801. The smallest absolute Gasteiger partial charge is 0.106 e. The van der Waals surface area contributed by atoms with E-state index >= 15 is 0 Å². The van der Waals surface area contributed by atoms with E-state index in [9.17, 15) is 0 Å². The zero-order valence-corrected chi connectivity index (χ0v) is 8.93. The fourth-order valence-electron chi connectivity index (χ4n) is 2.10. The number of nitriles is 1. The van der Waals surface area contributed by atoms with Crippen molar-refractivity contribution in [3.05, 3.63) is 0 Å². The molecular weight excluding hydrogens is 160 g/mol. The third-order valence-corrected chi connectivity index (χ3v) is 2.91. The summed E-state index contributed by atoms with van der Waals surface area (Å²) in [7, 11) is 0. The predicted octanol–water partition coefficient (Wildman–Crippen LogP) is 2.46. The van der Waals surface area contributed by atoms with Gasteiger partial charge in [-0.1, -0.05) is 6.92 Å². The molecule has 2 nitrogen and oxygen atoms in total. The summed E-state index contributed by atoms with van der Waals surface area (Å²) in [5.41, 5.74) is -0.222. The molecular formula is C11H20N2. The summed E-state index contributed by atoms with van der Waals surface area (Å²) in [4.78, 5) is 0. The van der Waals surface area contributed by atoms with Gasteiger partial charge in [0.1, 0.15) is 5.54 Å². The Balaban J connectivity index is 2.57. The molecule has 2 heteroatoms. The second-order valence-electron chi connectivity index (χ2n) is 4.68. The van der Waals surface area contributed by atoms with E-state index in [4.69, 9.17) is 5.26 Å². The molecule has 1 aliphatic carbocycles. The molecule has 0 radical (unpaired) electrons. The minimum Gasteiger partial charge on any atom is -0.297 e. The van der Waals surface area contributed by atoms with Crippen molar-refractivity contribution in [2.24, 2.45) is 5.92 Å². The molecule has 0 spiro atoms. The Morgan fingerprint density at radius 2 is 1.92 bits per heavy atom. The van der Waals surface area contributed by atoms with Gasteiger partial charge in [-0.25, -0.2) is 0 Å². The van der Waals surface area contributed by atoms with Crippen molar-refractivity contribution in [2.45, 2.75) is 58.0 Å². The second-order valence-corrected chi connectivity index (χ2v) is 4.68. The van der Waals surface area contributed by atoms with E-state index in [-0.39, 0.29) is 5.54 Å². The van der Waals surface area contributed by atoms with Gasteiger partial charge in [0.2, 0.25) is 0 Å². The molecule has 1 saturated carbocycles. The van der Waals surface area contributed by atoms with Gasteiger partial charge in [0.15, 0.2) is 0 Å². The van der Waals surface area contributed by atoms with E-state index < -0.39 is 0 Å². The molecule has 13 heavy (non-hydrogen) atoms. The largest absolute Gasteiger partial charge is 0.297 e. The van der Waals surface area contributed by atoms with Gasteiger partial charge < -0.3 is 0 Å². The molecule has 0 heterocycles. The normalized spacial score (nSPS) is 34.5. The van der Waals surface area contributed by atoms with Crippen LogP contribution >= 0.6 is 0 Å². The standard InChI is InChI=1S/C11H20N2/c1-9(2)13-11(8-12)6-4-10(3)5-7-11/h9-10,13H,4-7H2,1-3H3. The quantitative estimate of drug-likeness (QED) is 0.708. The number of nitrogens with zero attached hydrogens (tertiary/aromatic N) is 1. The zero-order valence-electron chi connectivity index (χ0n) is 8.93. The fourth-order valence-corrected chi connectivity index (χ4v) is 2.10. The molecule has 0 unspecified atom stereocenters. The van der Waals surface area contributed by atoms with Gasteiger partial charge in [-0.3, -0.25) is 5.32 Å². The molecule has 0 bridgehead atoms. The van der Waals surface area contributed by atoms with Crippen LogP contribution in [0, 0.1) is 17.2 Å². The van der Waals surface area contributed by atoms with Crippen molar-refractivity contribution < 1.29 is 0 Å². The number of hydrogen-bond donors (Lipinski definition) is 1. The van der Waals surface area contributed by atoms with Crippen LogP contribution < -0.4 is 5.32 Å². The van der Waals surface area contributed by atoms with Gasteiger partial charge in [-0.05, 0) is 45.4 Å². The summed E-state index contributed by atoms with van der Waals surface area (Å²) < 4.78 is 0. The van der Waals surface area contributed by atoms with Crippen molar-refractivity contribution in [2.75, 3.05) is 0 Å². The lowest BCUT2D eigenvalue weighted by atomic mass is 9.77. The second kappa shape index (κ2) is 4.11. The van der Waals surface area contributed by atoms with Gasteiger partial charge in [0.05, 0.1) is 6.07 Å². The van der Waals surface area contributed by atoms with E-state index in [0.717, 1.165) is 18.8 Å². The van der Waals surface area contributed by atoms with Gasteiger partial charge in [-0.2, -0.15) is 5.26 Å². The van der Waals surface area contributed by atoms with E-state index in [1.54, 1.807) is 0 Å². The third kappa shape index (κ3) is 2.70. The third-order valence-electron chi connectivity index (χ3n) is 2.91. The molecule has 0 saturated heterocycles. The maximum Gasteiger partial charge on any atom is 0.106 e. The van der Waals surface area contributed by atoms with Gasteiger partial charge in [-0.15, -0.1) is 0 Å². The monoisotopic (exact) mass is 180 g/mol. The molecule has 1 rings (SSSR count). The van der Waals surface area contributed by atoms with E-state index in [1.165, 1.54) is 12.8 Å². The Morgan fingerprint density at radius 3 is 2.31 bits per heavy atom. The minimum absolute atomic E-state index is 0.222. The number of rotatable bonds is 2. The van der Waals surface area contributed by atoms with Crippen LogP contribution in [-0.2, 0) is 0 Å². The van der Waals surface area contributed by atoms with Crippen LogP contribution in [0.1, 0.15) is 46.5 Å². The summed E-state index contributed by atoms with van der Waals surface area (Å²) >= 11 is 0. The zero-order chi connectivity index (χ0) is 9.90. The summed E-state index contributed by atoms with van der Waals surface area (Å²) in [6, 6.07) is 2.87. The molecule has 0 aromatic rings. The Kier molecular flexibility index (Phi) is 3.33. The Labute approximate surface area is 81.3 Å². The van der Waals surface area contributed by atoms with Crippen LogP contribution in [0.25, 0.3) is 0 Å². The average molecular weight is 180 g/mol. The highest BCUT2D eigenvalue weighted by Gasteiger charge is 2.34. The van der Waals surface area contributed by atoms with Crippen LogP contribution in [0.5, 0.6) is 0 Å². The van der Waals surface area contributed by atoms with Crippen molar-refractivity contribution in [1.29, 1.82) is 5.26 Å². The van der Waals surface area contributed by atoms with Crippen LogP contribution in [0.15, 0.2) is 0 Å². The average Bonchev–Trinajstić information content (AvgIpc) is 2.09. The topological polar surface area (TPSA) is 35.8 Å². The molecule has 0 amide bonds. The van der Waals surface area contributed by atoms with Crippen LogP contribution in [-0.4, -0.2) is 11.6 Å². The van der Waals surface area contributed by atoms with Gasteiger partial charge in [0, 0.05) is 6.04 Å². The molecule has 0 aliphatic heterocycles. The summed E-state index contributed by atoms with van der Waals surface area (Å²) in [6.45, 7) is 6.49. The predicted molar refractivity (Wildman–Crippen MR) is 54.2 cm³/mol. The fraction of sp³-hybridized carbons (Fsp3) is 0.909. The summed E-state index contributed by atoms with van der Waals surface area (Å²) in [6.07, 6.45) is 4.41. The lowest BCUT2D eigenvalue weighted by molar-refractivity contribution is 0.236.